The Kier molecular flexibility index (Phi) is 3.59. The van der Waals surface area contributed by atoms with Crippen LogP contribution < -0.4 is 0 Å². The maximum atomic E-state index is 6.14. The van der Waals surface area contributed by atoms with Gasteiger partial charge >= 0.3 is 0 Å². The van der Waals surface area contributed by atoms with Crippen LogP contribution in [-0.2, 0) is 15.6 Å². The zero-order valence-electron chi connectivity index (χ0n) is 14.6. The Balaban J connectivity index is 2.20. The van der Waals surface area contributed by atoms with E-state index in [1.807, 2.05) is 0 Å². The molecular formula is C19H27NO2. The molecule has 0 bridgehead atoms. The molecule has 1 atom stereocenters. The van der Waals surface area contributed by atoms with Crippen LogP contribution in [0.4, 0.5) is 0 Å². The van der Waals surface area contributed by atoms with Gasteiger partial charge < -0.3 is 9.15 Å². The summed E-state index contributed by atoms with van der Waals surface area (Å²) in [5, 5.41) is 0. The highest BCUT2D eigenvalue weighted by Gasteiger charge is 2.28. The van der Waals surface area contributed by atoms with Crippen molar-refractivity contribution in [3.05, 3.63) is 29.2 Å². The van der Waals surface area contributed by atoms with Crippen LogP contribution in [0.1, 0.15) is 77.5 Å². The van der Waals surface area contributed by atoms with Gasteiger partial charge in [-0.1, -0.05) is 47.6 Å². The van der Waals surface area contributed by atoms with Crippen LogP contribution in [0.2, 0.25) is 0 Å². The fraction of sp³-hybridized carbons (Fsp3) is 0.632. The maximum Gasteiger partial charge on any atom is 0.224 e. The minimum absolute atomic E-state index is 0.0207. The SMILES string of the molecule is CC(C)(C)c1cc(C(C)(C)C)c2oc(C3CCCO3)nc2c1. The minimum Gasteiger partial charge on any atom is -0.438 e. The van der Waals surface area contributed by atoms with E-state index in [9.17, 15) is 0 Å². The molecule has 0 N–H and O–H groups in total. The third-order valence-corrected chi connectivity index (χ3v) is 4.39. The van der Waals surface area contributed by atoms with E-state index in [0.29, 0.717) is 0 Å². The van der Waals surface area contributed by atoms with Gasteiger partial charge in [0.05, 0.1) is 0 Å². The third kappa shape index (κ3) is 2.79. The van der Waals surface area contributed by atoms with Crippen LogP contribution in [-0.4, -0.2) is 11.6 Å². The van der Waals surface area contributed by atoms with E-state index < -0.39 is 0 Å². The summed E-state index contributed by atoms with van der Waals surface area (Å²) in [5.74, 6) is 0.740. The van der Waals surface area contributed by atoms with Gasteiger partial charge in [-0.25, -0.2) is 4.98 Å². The van der Waals surface area contributed by atoms with Crippen LogP contribution in [0, 0.1) is 0 Å². The average molecular weight is 301 g/mol. The quantitative estimate of drug-likeness (QED) is 0.719. The van der Waals surface area contributed by atoms with E-state index in [2.05, 4.69) is 53.7 Å². The molecule has 120 valence electrons. The van der Waals surface area contributed by atoms with E-state index in [1.54, 1.807) is 0 Å². The number of nitrogens with zero attached hydrogens (tertiary/aromatic N) is 1. The number of fused-ring (bicyclic) bond motifs is 1. The number of benzene rings is 1. The first-order valence-electron chi connectivity index (χ1n) is 8.23. The fourth-order valence-corrected chi connectivity index (χ4v) is 2.95. The molecule has 1 unspecified atom stereocenters. The summed E-state index contributed by atoms with van der Waals surface area (Å²) in [6.07, 6.45) is 2.12. The lowest BCUT2D eigenvalue weighted by atomic mass is 9.80. The number of oxazole rings is 1. The molecule has 0 amide bonds. The highest BCUT2D eigenvalue weighted by molar-refractivity contribution is 5.79. The van der Waals surface area contributed by atoms with E-state index in [-0.39, 0.29) is 16.9 Å². The summed E-state index contributed by atoms with van der Waals surface area (Å²) in [5.41, 5.74) is 4.53. The smallest absolute Gasteiger partial charge is 0.224 e. The lowest BCUT2D eigenvalue weighted by Crippen LogP contribution is -2.16. The zero-order chi connectivity index (χ0) is 16.1. The molecule has 1 aromatic heterocycles. The Morgan fingerprint density at radius 3 is 2.32 bits per heavy atom. The van der Waals surface area contributed by atoms with Crippen molar-refractivity contribution in [1.82, 2.24) is 4.98 Å². The summed E-state index contributed by atoms with van der Waals surface area (Å²) in [6, 6.07) is 4.46. The summed E-state index contributed by atoms with van der Waals surface area (Å²) >= 11 is 0. The Labute approximate surface area is 133 Å². The molecule has 22 heavy (non-hydrogen) atoms. The molecule has 1 saturated heterocycles. The van der Waals surface area contributed by atoms with Gasteiger partial charge in [-0.2, -0.15) is 0 Å². The molecular weight excluding hydrogens is 274 g/mol. The normalized spacial score (nSPS) is 20.0. The lowest BCUT2D eigenvalue weighted by molar-refractivity contribution is 0.0906. The first kappa shape index (κ1) is 15.5. The van der Waals surface area contributed by atoms with Crippen LogP contribution >= 0.6 is 0 Å². The van der Waals surface area contributed by atoms with Crippen molar-refractivity contribution in [2.24, 2.45) is 0 Å². The summed E-state index contributed by atoms with van der Waals surface area (Å²) in [7, 11) is 0. The van der Waals surface area contributed by atoms with E-state index in [4.69, 9.17) is 14.1 Å². The van der Waals surface area contributed by atoms with Crippen molar-refractivity contribution < 1.29 is 9.15 Å². The Morgan fingerprint density at radius 1 is 1.05 bits per heavy atom. The highest BCUT2D eigenvalue weighted by atomic mass is 16.5. The second-order valence-electron chi connectivity index (χ2n) is 8.43. The molecule has 0 radical (unpaired) electrons. The molecule has 0 aliphatic carbocycles. The average Bonchev–Trinajstić information content (AvgIpc) is 3.03. The first-order valence-corrected chi connectivity index (χ1v) is 8.23. The van der Waals surface area contributed by atoms with E-state index in [1.165, 1.54) is 11.1 Å². The van der Waals surface area contributed by atoms with Gasteiger partial charge in [0.2, 0.25) is 5.89 Å². The topological polar surface area (TPSA) is 35.3 Å². The minimum atomic E-state index is 0.0207. The van der Waals surface area contributed by atoms with Gasteiger partial charge in [0.25, 0.3) is 0 Å². The number of rotatable bonds is 1. The number of hydrogen-bond acceptors (Lipinski definition) is 3. The highest BCUT2D eigenvalue weighted by Crippen LogP contribution is 2.38. The van der Waals surface area contributed by atoms with Gasteiger partial charge in [-0.05, 0) is 35.3 Å². The first-order chi connectivity index (χ1) is 10.2. The third-order valence-electron chi connectivity index (χ3n) is 4.39. The molecule has 2 heterocycles. The summed E-state index contributed by atoms with van der Waals surface area (Å²) in [4.78, 5) is 4.75. The molecule has 1 aliphatic heterocycles. The van der Waals surface area contributed by atoms with E-state index >= 15 is 0 Å². The summed E-state index contributed by atoms with van der Waals surface area (Å²) < 4.78 is 11.9. The van der Waals surface area contributed by atoms with Crippen molar-refractivity contribution in [3.8, 4) is 0 Å². The van der Waals surface area contributed by atoms with Gasteiger partial charge in [0.15, 0.2) is 5.58 Å². The zero-order valence-corrected chi connectivity index (χ0v) is 14.6. The standard InChI is InChI=1S/C19H27NO2/c1-18(2,3)12-10-13(19(4,5)6)16-14(11-12)20-17(22-16)15-8-7-9-21-15/h10-11,15H,7-9H2,1-6H3. The molecule has 0 spiro atoms. The molecule has 3 nitrogen and oxygen atoms in total. The number of ether oxygens (including phenoxy) is 1. The second-order valence-corrected chi connectivity index (χ2v) is 8.43. The molecule has 0 saturated carbocycles. The summed E-state index contributed by atoms with van der Waals surface area (Å²) in [6.45, 7) is 14.2. The monoisotopic (exact) mass is 301 g/mol. The van der Waals surface area contributed by atoms with Gasteiger partial charge in [0, 0.05) is 12.2 Å². The van der Waals surface area contributed by atoms with E-state index in [0.717, 1.165) is 36.4 Å². The predicted octanol–water partition coefficient (Wildman–Crippen LogP) is 5.27. The van der Waals surface area contributed by atoms with Gasteiger partial charge in [-0.3, -0.25) is 0 Å². The molecule has 2 aromatic rings. The Morgan fingerprint density at radius 2 is 1.77 bits per heavy atom. The van der Waals surface area contributed by atoms with Crippen LogP contribution in [0.3, 0.4) is 0 Å². The van der Waals surface area contributed by atoms with Crippen molar-refractivity contribution in [2.75, 3.05) is 6.61 Å². The number of aromatic nitrogens is 1. The second kappa shape index (κ2) is 5.09. The maximum absolute atomic E-state index is 6.14. The Hall–Kier alpha value is -1.35. The fourth-order valence-electron chi connectivity index (χ4n) is 2.95. The van der Waals surface area contributed by atoms with Crippen LogP contribution in [0.5, 0.6) is 0 Å². The van der Waals surface area contributed by atoms with Crippen molar-refractivity contribution in [1.29, 1.82) is 0 Å². The van der Waals surface area contributed by atoms with Gasteiger partial charge in [-0.15, -0.1) is 0 Å². The van der Waals surface area contributed by atoms with Crippen molar-refractivity contribution >= 4 is 11.1 Å². The molecule has 1 aliphatic rings. The predicted molar refractivity (Wildman–Crippen MR) is 89.3 cm³/mol. The molecule has 3 rings (SSSR count). The molecule has 1 fully saturated rings. The largest absolute Gasteiger partial charge is 0.438 e. The van der Waals surface area contributed by atoms with Crippen molar-refractivity contribution in [3.63, 3.8) is 0 Å². The van der Waals surface area contributed by atoms with Gasteiger partial charge in [0.1, 0.15) is 11.6 Å². The molecule has 3 heteroatoms. The van der Waals surface area contributed by atoms with Crippen LogP contribution in [0.25, 0.3) is 11.1 Å². The Bertz CT molecular complexity index is 680. The lowest BCUT2D eigenvalue weighted by Gasteiger charge is -2.24. The molecule has 1 aromatic carbocycles. The van der Waals surface area contributed by atoms with Crippen molar-refractivity contribution in [2.45, 2.75) is 71.3 Å². The number of hydrogen-bond donors (Lipinski definition) is 0. The van der Waals surface area contributed by atoms with Crippen LogP contribution in [0.15, 0.2) is 16.5 Å².